The van der Waals surface area contributed by atoms with Crippen LogP contribution in [0.15, 0.2) is 0 Å². The average Bonchev–Trinajstić information content (AvgIpc) is 2.86. The molecule has 3 fully saturated rings. The summed E-state index contributed by atoms with van der Waals surface area (Å²) in [4.78, 5) is 17.8. The Hall–Kier alpha value is -0.490. The molecule has 20 heteroatoms. The van der Waals surface area contributed by atoms with Gasteiger partial charge in [0.1, 0.15) is 73.2 Å². The molecule has 0 aromatic heterocycles. The number of aliphatic hydroxyl groups is 10. The van der Waals surface area contributed by atoms with Crippen LogP contribution < -0.4 is 0 Å². The molecule has 0 amide bonds. The molecule has 15 atom stereocenters. The van der Waals surface area contributed by atoms with Gasteiger partial charge in [-0.05, 0) is 0 Å². The molecule has 0 aliphatic carbocycles. The van der Waals surface area contributed by atoms with E-state index >= 15 is 0 Å². The van der Waals surface area contributed by atoms with E-state index in [9.17, 15) is 55.6 Å². The van der Waals surface area contributed by atoms with Gasteiger partial charge in [-0.3, -0.25) is 4.52 Å². The van der Waals surface area contributed by atoms with Gasteiger partial charge < -0.3 is 84.5 Å². The minimum absolute atomic E-state index is 0.775. The third kappa shape index (κ3) is 7.04. The first-order valence-corrected chi connectivity index (χ1v) is 12.9. The summed E-state index contributed by atoms with van der Waals surface area (Å²) in [6.45, 7) is -2.61. The molecule has 0 aromatic carbocycles. The lowest BCUT2D eigenvalue weighted by molar-refractivity contribution is -0.390. The Morgan fingerprint density at radius 1 is 0.579 bits per heavy atom. The van der Waals surface area contributed by atoms with Gasteiger partial charge in [-0.2, -0.15) is 0 Å². The molecule has 0 radical (unpaired) electrons. The first-order valence-electron chi connectivity index (χ1n) is 11.3. The van der Waals surface area contributed by atoms with Crippen LogP contribution in [0, 0.1) is 0 Å². The maximum Gasteiger partial charge on any atom is 0.469 e. The van der Waals surface area contributed by atoms with Crippen LogP contribution in [0.3, 0.4) is 0 Å². The third-order valence-corrected chi connectivity index (χ3v) is 6.81. The van der Waals surface area contributed by atoms with Gasteiger partial charge in [0.25, 0.3) is 0 Å². The maximum atomic E-state index is 11.0. The summed E-state index contributed by atoms with van der Waals surface area (Å²) in [5, 5.41) is 101. The summed E-state index contributed by atoms with van der Waals surface area (Å²) in [6, 6.07) is 0. The lowest BCUT2D eigenvalue weighted by atomic mass is 9.96. The van der Waals surface area contributed by atoms with E-state index in [1.54, 1.807) is 0 Å². The van der Waals surface area contributed by atoms with Gasteiger partial charge in [0, 0.05) is 0 Å². The molecular formula is C18H33O19P. The molecule has 38 heavy (non-hydrogen) atoms. The monoisotopic (exact) mass is 584 g/mol. The van der Waals surface area contributed by atoms with Crippen molar-refractivity contribution < 1.29 is 93.6 Å². The molecule has 224 valence electrons. The molecule has 3 aliphatic rings. The summed E-state index contributed by atoms with van der Waals surface area (Å²) in [6.07, 6.45) is -27.5. The van der Waals surface area contributed by atoms with E-state index in [0.717, 1.165) is 0 Å². The number of ether oxygens (including phenoxy) is 5. The summed E-state index contributed by atoms with van der Waals surface area (Å²) in [5.41, 5.74) is 0. The molecule has 0 saturated carbocycles. The van der Waals surface area contributed by atoms with Crippen LogP contribution in [0.4, 0.5) is 0 Å². The Bertz CT molecular complexity index is 800. The fourth-order valence-electron chi connectivity index (χ4n) is 4.18. The van der Waals surface area contributed by atoms with Crippen molar-refractivity contribution in [3.8, 4) is 0 Å². The van der Waals surface area contributed by atoms with Crippen LogP contribution in [0.5, 0.6) is 0 Å². The van der Waals surface area contributed by atoms with E-state index in [1.165, 1.54) is 0 Å². The molecule has 0 spiro atoms. The van der Waals surface area contributed by atoms with E-state index in [2.05, 4.69) is 4.52 Å². The van der Waals surface area contributed by atoms with Crippen molar-refractivity contribution in [2.24, 2.45) is 0 Å². The van der Waals surface area contributed by atoms with E-state index < -0.39 is 120 Å². The standard InChI is InChI=1S/C18H33O19P/c19-1-4-7(21)11(25)14(16(28)33-4)36-18-15(12(26)8(22)5(2-20)34-18)37-17-13(27)10(24)9(23)6(35-17)3-32-38(29,30)31/h4-28H,1-3H2,(H2,29,30,31)/t4-,5-,6-,7-,8-,9-,10+,11+,12+,13+,14+,15+,16-,17-,18-/m1/s1. The van der Waals surface area contributed by atoms with Gasteiger partial charge in [0.05, 0.1) is 19.8 Å². The molecular weight excluding hydrogens is 551 g/mol. The minimum Gasteiger partial charge on any atom is -0.394 e. The van der Waals surface area contributed by atoms with Crippen LogP contribution in [-0.2, 0) is 32.8 Å². The predicted octanol–water partition coefficient (Wildman–Crippen LogP) is -7.46. The molecule has 3 rings (SSSR count). The Kier molecular flexibility index (Phi) is 11.0. The molecule has 0 aromatic rings. The SMILES string of the molecule is O=P(O)(O)OC[C@H]1O[C@H](O[C@@H]2[C@@H](O[C@H]3[C@@H](O)[C@H](O)[C@@H](CO)O[C@H]3O)O[C@H](CO)[C@@H](O)[C@@H]2O)[C@@H](O)[C@@H](O)[C@@H]1O. The third-order valence-electron chi connectivity index (χ3n) is 6.33. The highest BCUT2D eigenvalue weighted by Crippen LogP contribution is 2.37. The Morgan fingerprint density at radius 2 is 1.05 bits per heavy atom. The van der Waals surface area contributed by atoms with Crippen molar-refractivity contribution in [1.82, 2.24) is 0 Å². The van der Waals surface area contributed by atoms with E-state index in [4.69, 9.17) is 33.5 Å². The van der Waals surface area contributed by atoms with Crippen molar-refractivity contribution in [2.75, 3.05) is 19.8 Å². The quantitative estimate of drug-likeness (QED) is 0.112. The highest BCUT2D eigenvalue weighted by molar-refractivity contribution is 7.46. The molecule has 3 saturated heterocycles. The van der Waals surface area contributed by atoms with Crippen LogP contribution in [0.25, 0.3) is 0 Å². The Balaban J connectivity index is 1.81. The number of hydrogen-bond donors (Lipinski definition) is 12. The predicted molar refractivity (Wildman–Crippen MR) is 112 cm³/mol. The Morgan fingerprint density at radius 3 is 1.61 bits per heavy atom. The van der Waals surface area contributed by atoms with E-state index in [1.807, 2.05) is 0 Å². The van der Waals surface area contributed by atoms with E-state index in [0.29, 0.717) is 0 Å². The summed E-state index contributed by atoms with van der Waals surface area (Å²) in [5.74, 6) is 0. The van der Waals surface area contributed by atoms with Crippen molar-refractivity contribution in [3.05, 3.63) is 0 Å². The normalized spacial score (nSPS) is 48.7. The number of rotatable bonds is 9. The molecule has 19 nitrogen and oxygen atoms in total. The maximum absolute atomic E-state index is 11.0. The first-order chi connectivity index (χ1) is 17.7. The molecule has 0 unspecified atom stereocenters. The lowest BCUT2D eigenvalue weighted by Crippen LogP contribution is -2.66. The summed E-state index contributed by atoms with van der Waals surface area (Å²) >= 11 is 0. The highest BCUT2D eigenvalue weighted by Gasteiger charge is 2.53. The zero-order valence-corrected chi connectivity index (χ0v) is 20.3. The minimum atomic E-state index is -5.04. The van der Waals surface area contributed by atoms with Crippen molar-refractivity contribution in [1.29, 1.82) is 0 Å². The molecule has 0 bridgehead atoms. The van der Waals surface area contributed by atoms with Gasteiger partial charge >= 0.3 is 7.82 Å². The van der Waals surface area contributed by atoms with Gasteiger partial charge in [-0.25, -0.2) is 4.57 Å². The Labute approximate surface area is 214 Å². The molecule has 3 aliphatic heterocycles. The second-order valence-corrected chi connectivity index (χ2v) is 10.2. The van der Waals surface area contributed by atoms with Crippen LogP contribution in [-0.4, -0.2) is 173 Å². The first kappa shape index (κ1) is 32.0. The van der Waals surface area contributed by atoms with Crippen LogP contribution in [0.1, 0.15) is 0 Å². The number of hydrogen-bond acceptors (Lipinski definition) is 17. The van der Waals surface area contributed by atoms with Gasteiger partial charge in [-0.1, -0.05) is 0 Å². The number of phosphoric ester groups is 1. The second-order valence-electron chi connectivity index (χ2n) is 8.94. The van der Waals surface area contributed by atoms with Gasteiger partial charge in [0.15, 0.2) is 18.9 Å². The van der Waals surface area contributed by atoms with Gasteiger partial charge in [0.2, 0.25) is 0 Å². The van der Waals surface area contributed by atoms with Crippen molar-refractivity contribution in [3.63, 3.8) is 0 Å². The number of phosphoric acid groups is 1. The van der Waals surface area contributed by atoms with E-state index in [-0.39, 0.29) is 0 Å². The second kappa shape index (κ2) is 13.0. The molecule has 12 N–H and O–H groups in total. The fraction of sp³-hybridized carbons (Fsp3) is 1.00. The lowest BCUT2D eigenvalue weighted by Gasteiger charge is -2.48. The fourth-order valence-corrected chi connectivity index (χ4v) is 4.52. The van der Waals surface area contributed by atoms with Crippen LogP contribution in [0.2, 0.25) is 0 Å². The highest BCUT2D eigenvalue weighted by atomic mass is 31.2. The zero-order valence-electron chi connectivity index (χ0n) is 19.5. The number of aliphatic hydroxyl groups excluding tert-OH is 10. The van der Waals surface area contributed by atoms with Gasteiger partial charge in [-0.15, -0.1) is 0 Å². The summed E-state index contributed by atoms with van der Waals surface area (Å²) in [7, 11) is -5.04. The largest absolute Gasteiger partial charge is 0.469 e. The molecule has 3 heterocycles. The van der Waals surface area contributed by atoms with Crippen LogP contribution >= 0.6 is 7.82 Å². The average molecular weight is 584 g/mol. The van der Waals surface area contributed by atoms with Crippen molar-refractivity contribution in [2.45, 2.75) is 92.1 Å². The summed E-state index contributed by atoms with van der Waals surface area (Å²) < 4.78 is 41.8. The van der Waals surface area contributed by atoms with Crippen molar-refractivity contribution >= 4 is 7.82 Å². The smallest absolute Gasteiger partial charge is 0.394 e. The topological polar surface area (TPSA) is 315 Å². The zero-order chi connectivity index (χ0) is 28.5.